The van der Waals surface area contributed by atoms with Gasteiger partial charge in [0.25, 0.3) is 0 Å². The van der Waals surface area contributed by atoms with Crippen molar-refractivity contribution >= 4 is 5.84 Å². The molecular weight excluding hydrogens is 308 g/mol. The molecule has 4 heteroatoms. The van der Waals surface area contributed by atoms with Crippen molar-refractivity contribution in [2.75, 3.05) is 33.7 Å². The summed E-state index contributed by atoms with van der Waals surface area (Å²) in [7, 11) is 4.25. The van der Waals surface area contributed by atoms with E-state index in [2.05, 4.69) is 66.5 Å². The molecule has 1 aliphatic carbocycles. The average molecular weight is 341 g/mol. The van der Waals surface area contributed by atoms with Crippen molar-refractivity contribution < 1.29 is 0 Å². The summed E-state index contributed by atoms with van der Waals surface area (Å²) in [5.74, 6) is 1.24. The SMILES string of the molecule is CCC(NCCN(C)C)C1=NC2=C(CCC2)CN1Cc1ccccc1. The van der Waals surface area contributed by atoms with E-state index < -0.39 is 0 Å². The molecule has 0 bridgehead atoms. The standard InChI is InChI=1S/C21H32N4/c1-4-19(22-13-14-24(2)3)21-23-20-12-8-11-18(20)16-25(21)15-17-9-6-5-7-10-17/h5-7,9-10,19,22H,4,8,11-16H2,1-3H3. The number of hydrogen-bond donors (Lipinski definition) is 1. The molecule has 0 fully saturated rings. The highest BCUT2D eigenvalue weighted by atomic mass is 15.2. The highest BCUT2D eigenvalue weighted by Gasteiger charge is 2.28. The molecule has 0 spiro atoms. The first-order valence-electron chi connectivity index (χ1n) is 9.64. The molecule has 1 aromatic rings. The molecule has 136 valence electrons. The fourth-order valence-electron chi connectivity index (χ4n) is 3.74. The summed E-state index contributed by atoms with van der Waals surface area (Å²) in [6.07, 6.45) is 4.72. The molecule has 1 unspecified atom stereocenters. The number of benzene rings is 1. The van der Waals surface area contributed by atoms with Crippen LogP contribution < -0.4 is 5.32 Å². The van der Waals surface area contributed by atoms with Crippen LogP contribution in [0.2, 0.25) is 0 Å². The average Bonchev–Trinajstić information content (AvgIpc) is 3.06. The van der Waals surface area contributed by atoms with Crippen LogP contribution in [0.3, 0.4) is 0 Å². The number of amidine groups is 1. The van der Waals surface area contributed by atoms with Crippen molar-refractivity contribution in [2.24, 2.45) is 4.99 Å². The largest absolute Gasteiger partial charge is 0.350 e. The lowest BCUT2D eigenvalue weighted by Crippen LogP contribution is -2.49. The van der Waals surface area contributed by atoms with E-state index in [0.29, 0.717) is 6.04 Å². The summed E-state index contributed by atoms with van der Waals surface area (Å²) in [4.78, 5) is 9.86. The van der Waals surface area contributed by atoms with Gasteiger partial charge in [-0.1, -0.05) is 37.3 Å². The van der Waals surface area contributed by atoms with E-state index in [9.17, 15) is 0 Å². The van der Waals surface area contributed by atoms with Gasteiger partial charge in [-0.15, -0.1) is 0 Å². The number of aliphatic imine (C=N–C) groups is 1. The number of nitrogens with zero attached hydrogens (tertiary/aromatic N) is 3. The summed E-state index contributed by atoms with van der Waals surface area (Å²) in [5.41, 5.74) is 4.29. The second-order valence-electron chi connectivity index (χ2n) is 7.43. The Labute approximate surface area is 152 Å². The lowest BCUT2D eigenvalue weighted by molar-refractivity contribution is 0.374. The monoisotopic (exact) mass is 340 g/mol. The van der Waals surface area contributed by atoms with Gasteiger partial charge in [0.05, 0.1) is 6.04 Å². The van der Waals surface area contributed by atoms with Crippen LogP contribution in [-0.2, 0) is 6.54 Å². The van der Waals surface area contributed by atoms with Gasteiger partial charge < -0.3 is 15.1 Å². The lowest BCUT2D eigenvalue weighted by atomic mass is 10.1. The van der Waals surface area contributed by atoms with Crippen molar-refractivity contribution in [3.63, 3.8) is 0 Å². The number of allylic oxidation sites excluding steroid dienone is 1. The molecular formula is C21H32N4. The molecule has 3 rings (SSSR count). The Bertz CT molecular complexity index is 618. The summed E-state index contributed by atoms with van der Waals surface area (Å²) in [5, 5.41) is 3.73. The Morgan fingerprint density at radius 2 is 2.00 bits per heavy atom. The van der Waals surface area contributed by atoms with E-state index in [4.69, 9.17) is 4.99 Å². The first-order chi connectivity index (χ1) is 12.2. The highest BCUT2D eigenvalue weighted by Crippen LogP contribution is 2.32. The van der Waals surface area contributed by atoms with Crippen molar-refractivity contribution in [3.8, 4) is 0 Å². The van der Waals surface area contributed by atoms with Gasteiger partial charge >= 0.3 is 0 Å². The van der Waals surface area contributed by atoms with Gasteiger partial charge in [0.15, 0.2) is 0 Å². The minimum absolute atomic E-state index is 0.332. The Morgan fingerprint density at radius 1 is 1.20 bits per heavy atom. The summed E-state index contributed by atoms with van der Waals surface area (Å²) < 4.78 is 0. The van der Waals surface area contributed by atoms with E-state index in [1.807, 2.05) is 0 Å². The third-order valence-electron chi connectivity index (χ3n) is 5.14. The number of nitrogens with one attached hydrogen (secondary N) is 1. The van der Waals surface area contributed by atoms with E-state index in [-0.39, 0.29) is 0 Å². The summed E-state index contributed by atoms with van der Waals surface area (Å²) in [6, 6.07) is 11.1. The predicted molar refractivity (Wildman–Crippen MR) is 106 cm³/mol. The molecule has 1 aromatic carbocycles. The summed E-state index contributed by atoms with van der Waals surface area (Å²) >= 11 is 0. The van der Waals surface area contributed by atoms with Gasteiger partial charge in [0.1, 0.15) is 5.84 Å². The van der Waals surface area contributed by atoms with Gasteiger partial charge in [-0.05, 0) is 50.9 Å². The Kier molecular flexibility index (Phi) is 6.27. The zero-order valence-electron chi connectivity index (χ0n) is 16.0. The maximum absolute atomic E-state index is 5.14. The first kappa shape index (κ1) is 18.2. The molecule has 1 heterocycles. The molecule has 1 atom stereocenters. The molecule has 25 heavy (non-hydrogen) atoms. The minimum Gasteiger partial charge on any atom is -0.350 e. The molecule has 4 nitrogen and oxygen atoms in total. The van der Waals surface area contributed by atoms with E-state index in [1.54, 1.807) is 5.57 Å². The van der Waals surface area contributed by atoms with Gasteiger partial charge in [-0.2, -0.15) is 0 Å². The highest BCUT2D eigenvalue weighted by molar-refractivity contribution is 5.89. The van der Waals surface area contributed by atoms with Crippen LogP contribution >= 0.6 is 0 Å². The predicted octanol–water partition coefficient (Wildman–Crippen LogP) is 3.27. The second kappa shape index (κ2) is 8.63. The Balaban J connectivity index is 1.77. The van der Waals surface area contributed by atoms with Crippen LogP contribution in [0.5, 0.6) is 0 Å². The molecule has 1 N–H and O–H groups in total. The molecule has 0 aromatic heterocycles. The van der Waals surface area contributed by atoms with Gasteiger partial charge in [-0.3, -0.25) is 0 Å². The van der Waals surface area contributed by atoms with Crippen molar-refractivity contribution in [3.05, 3.63) is 47.2 Å². The lowest BCUT2D eigenvalue weighted by Gasteiger charge is -2.35. The number of rotatable bonds is 8. The molecule has 0 amide bonds. The third kappa shape index (κ3) is 4.71. The quantitative estimate of drug-likeness (QED) is 0.788. The first-order valence-corrected chi connectivity index (χ1v) is 9.64. The van der Waals surface area contributed by atoms with Gasteiger partial charge in [0.2, 0.25) is 0 Å². The number of hydrogen-bond acceptors (Lipinski definition) is 4. The normalized spacial score (nSPS) is 18.6. The van der Waals surface area contributed by atoms with Crippen LogP contribution in [0.4, 0.5) is 0 Å². The minimum atomic E-state index is 0.332. The third-order valence-corrected chi connectivity index (χ3v) is 5.14. The van der Waals surface area contributed by atoms with Crippen molar-refractivity contribution in [1.29, 1.82) is 0 Å². The fraction of sp³-hybridized carbons (Fsp3) is 0.571. The van der Waals surface area contributed by atoms with E-state index in [1.165, 1.54) is 29.9 Å². The molecule has 0 radical (unpaired) electrons. The summed E-state index contributed by atoms with van der Waals surface area (Å²) in [6.45, 7) is 6.30. The van der Waals surface area contributed by atoms with Crippen LogP contribution in [-0.4, -0.2) is 55.4 Å². The van der Waals surface area contributed by atoms with Crippen LogP contribution in [0, 0.1) is 0 Å². The van der Waals surface area contributed by atoms with Crippen LogP contribution in [0.1, 0.15) is 38.2 Å². The molecule has 1 aliphatic heterocycles. The molecule has 2 aliphatic rings. The van der Waals surface area contributed by atoms with E-state index in [0.717, 1.165) is 39.0 Å². The fourth-order valence-corrected chi connectivity index (χ4v) is 3.74. The van der Waals surface area contributed by atoms with Gasteiger partial charge in [0, 0.05) is 31.9 Å². The Morgan fingerprint density at radius 3 is 2.72 bits per heavy atom. The van der Waals surface area contributed by atoms with Crippen LogP contribution in [0.25, 0.3) is 0 Å². The maximum Gasteiger partial charge on any atom is 0.122 e. The zero-order valence-corrected chi connectivity index (χ0v) is 16.0. The van der Waals surface area contributed by atoms with E-state index >= 15 is 0 Å². The van der Waals surface area contributed by atoms with Crippen LogP contribution in [0.15, 0.2) is 46.6 Å². The second-order valence-corrected chi connectivity index (χ2v) is 7.43. The molecule has 0 saturated heterocycles. The van der Waals surface area contributed by atoms with Crippen molar-refractivity contribution in [2.45, 2.75) is 45.2 Å². The Hall–Kier alpha value is -1.65. The number of likely N-dealkylation sites (N-methyl/N-ethyl adjacent to an activating group) is 1. The maximum atomic E-state index is 5.14. The van der Waals surface area contributed by atoms with Crippen molar-refractivity contribution in [1.82, 2.24) is 15.1 Å². The molecule has 0 saturated carbocycles. The van der Waals surface area contributed by atoms with Gasteiger partial charge in [-0.25, -0.2) is 4.99 Å². The smallest absolute Gasteiger partial charge is 0.122 e. The topological polar surface area (TPSA) is 30.9 Å². The zero-order chi connectivity index (χ0) is 17.6.